The van der Waals surface area contributed by atoms with Gasteiger partial charge in [0.1, 0.15) is 0 Å². The fraction of sp³-hybridized carbons (Fsp3) is 0.500. The van der Waals surface area contributed by atoms with Gasteiger partial charge in [0.25, 0.3) is 0 Å². The summed E-state index contributed by atoms with van der Waals surface area (Å²) in [4.78, 5) is 4.83. The Balaban J connectivity index is 2.35. The van der Waals surface area contributed by atoms with Gasteiger partial charge >= 0.3 is 0 Å². The number of hydrogen-bond acceptors (Lipinski definition) is 1. The van der Waals surface area contributed by atoms with Crippen molar-refractivity contribution in [1.29, 1.82) is 0 Å². The van der Waals surface area contributed by atoms with E-state index in [1.165, 1.54) is 53.9 Å². The molecule has 1 nitrogen and oxygen atoms in total. The van der Waals surface area contributed by atoms with Crippen LogP contribution in [0.5, 0.6) is 0 Å². The quantitative estimate of drug-likeness (QED) is 0.619. The van der Waals surface area contributed by atoms with E-state index in [9.17, 15) is 0 Å². The third kappa shape index (κ3) is 1.41. The van der Waals surface area contributed by atoms with E-state index in [1.807, 2.05) is 0 Å². The molecule has 0 bridgehead atoms. The highest BCUT2D eigenvalue weighted by molar-refractivity contribution is 5.43. The van der Waals surface area contributed by atoms with Crippen LogP contribution in [0, 0.1) is 6.92 Å². The monoisotopic (exact) mass is 199 g/mol. The van der Waals surface area contributed by atoms with Gasteiger partial charge in [0.2, 0.25) is 0 Å². The lowest BCUT2D eigenvalue weighted by Crippen LogP contribution is -2.36. The van der Waals surface area contributed by atoms with Gasteiger partial charge in [0, 0.05) is 5.69 Å². The molecule has 78 valence electrons. The van der Waals surface area contributed by atoms with E-state index >= 15 is 0 Å². The van der Waals surface area contributed by atoms with Crippen molar-refractivity contribution in [2.45, 2.75) is 45.4 Å². The molecule has 0 radical (unpaired) electrons. The van der Waals surface area contributed by atoms with Crippen LogP contribution in [0.2, 0.25) is 0 Å². The lowest BCUT2D eigenvalue weighted by molar-refractivity contribution is 0.659. The first-order valence-electron chi connectivity index (χ1n) is 6.05. The molecule has 0 aliphatic heterocycles. The van der Waals surface area contributed by atoms with E-state index in [4.69, 9.17) is 4.98 Å². The second kappa shape index (κ2) is 3.48. The lowest BCUT2D eigenvalue weighted by Gasteiger charge is -2.18. The van der Waals surface area contributed by atoms with Crippen molar-refractivity contribution in [3.63, 3.8) is 0 Å². The van der Waals surface area contributed by atoms with Gasteiger partial charge in [-0.25, -0.2) is 0 Å². The maximum Gasteiger partial charge on any atom is 0.0665 e. The molecule has 0 saturated carbocycles. The Labute approximate surface area is 90.5 Å². The van der Waals surface area contributed by atoms with Gasteiger partial charge < -0.3 is 0 Å². The van der Waals surface area contributed by atoms with Gasteiger partial charge in [-0.2, -0.15) is 0 Å². The van der Waals surface area contributed by atoms with Gasteiger partial charge in [0.15, 0.2) is 0 Å². The standard InChI is InChI=1S/C14H17N/c1-10-11-6-2-4-8-13(11)15-14-9-5-3-7-12(10)14/h6,8H,2-5,7,9H2,1H3. The maximum absolute atomic E-state index is 4.83. The van der Waals surface area contributed by atoms with Crippen LogP contribution in [0.15, 0.2) is 0 Å². The van der Waals surface area contributed by atoms with E-state index in [1.54, 1.807) is 5.56 Å². The highest BCUT2D eigenvalue weighted by Gasteiger charge is 2.14. The fourth-order valence-electron chi connectivity index (χ4n) is 2.84. The maximum atomic E-state index is 4.83. The fourth-order valence-corrected chi connectivity index (χ4v) is 2.84. The molecule has 3 rings (SSSR count). The Kier molecular flexibility index (Phi) is 2.12. The summed E-state index contributed by atoms with van der Waals surface area (Å²) in [6, 6.07) is 0. The number of aromatic nitrogens is 1. The number of rotatable bonds is 0. The molecule has 1 aromatic heterocycles. The molecule has 0 N–H and O–H groups in total. The van der Waals surface area contributed by atoms with Crippen molar-refractivity contribution < 1.29 is 0 Å². The lowest BCUT2D eigenvalue weighted by atomic mass is 9.91. The minimum atomic E-state index is 1.16. The molecule has 0 spiro atoms. The van der Waals surface area contributed by atoms with Crippen molar-refractivity contribution >= 4 is 12.2 Å². The number of pyridine rings is 1. The van der Waals surface area contributed by atoms with Crippen molar-refractivity contribution in [3.8, 4) is 0 Å². The van der Waals surface area contributed by atoms with Crippen molar-refractivity contribution in [3.05, 3.63) is 27.4 Å². The summed E-state index contributed by atoms with van der Waals surface area (Å²) < 4.78 is 0. The summed E-state index contributed by atoms with van der Waals surface area (Å²) >= 11 is 0. The number of fused-ring (bicyclic) bond motifs is 2. The highest BCUT2D eigenvalue weighted by atomic mass is 14.7. The Hall–Kier alpha value is -1.11. The molecule has 1 aromatic rings. The van der Waals surface area contributed by atoms with Gasteiger partial charge in [-0.15, -0.1) is 0 Å². The largest absolute Gasteiger partial charge is 0.253 e. The van der Waals surface area contributed by atoms with Crippen LogP contribution in [-0.2, 0) is 12.8 Å². The Morgan fingerprint density at radius 2 is 1.87 bits per heavy atom. The molecule has 1 heteroatoms. The summed E-state index contributed by atoms with van der Waals surface area (Å²) in [6.07, 6.45) is 12.1. The first-order valence-corrected chi connectivity index (χ1v) is 6.05. The number of hydrogen-bond donors (Lipinski definition) is 0. The summed E-state index contributed by atoms with van der Waals surface area (Å²) in [5.74, 6) is 0. The van der Waals surface area contributed by atoms with Crippen LogP contribution in [-0.4, -0.2) is 4.98 Å². The molecule has 0 aromatic carbocycles. The molecule has 2 aliphatic rings. The predicted octanol–water partition coefficient (Wildman–Crippen LogP) is 1.62. The number of nitrogens with zero attached hydrogens (tertiary/aromatic N) is 1. The normalized spacial score (nSPS) is 18.5. The second-order valence-corrected chi connectivity index (χ2v) is 4.65. The Bertz CT molecular complexity index is 511. The average Bonchev–Trinajstić information content (AvgIpc) is 2.30. The van der Waals surface area contributed by atoms with Gasteiger partial charge in [-0.3, -0.25) is 4.98 Å². The molecule has 1 heterocycles. The van der Waals surface area contributed by atoms with Gasteiger partial charge in [-0.1, -0.05) is 12.2 Å². The van der Waals surface area contributed by atoms with Crippen molar-refractivity contribution in [2.24, 2.45) is 0 Å². The zero-order valence-corrected chi connectivity index (χ0v) is 9.34. The second-order valence-electron chi connectivity index (χ2n) is 4.65. The molecule has 0 amide bonds. The van der Waals surface area contributed by atoms with E-state index in [0.717, 1.165) is 6.42 Å². The molecule has 0 fully saturated rings. The summed E-state index contributed by atoms with van der Waals surface area (Å²) in [7, 11) is 0. The van der Waals surface area contributed by atoms with Crippen LogP contribution in [0.25, 0.3) is 12.2 Å². The van der Waals surface area contributed by atoms with Crippen LogP contribution in [0.4, 0.5) is 0 Å². The molecular formula is C14H17N. The third-order valence-corrected chi connectivity index (χ3v) is 3.68. The summed E-state index contributed by atoms with van der Waals surface area (Å²) in [6.45, 7) is 2.28. The molecule has 2 aliphatic carbocycles. The zero-order chi connectivity index (χ0) is 10.3. The SMILES string of the molecule is Cc1c2c(nc3c1=CCCC=3)CCCC2. The molecular weight excluding hydrogens is 182 g/mol. The third-order valence-electron chi connectivity index (χ3n) is 3.68. The van der Waals surface area contributed by atoms with E-state index in [2.05, 4.69) is 19.1 Å². The van der Waals surface area contributed by atoms with Crippen LogP contribution in [0.3, 0.4) is 0 Å². The average molecular weight is 199 g/mol. The van der Waals surface area contributed by atoms with Crippen LogP contribution >= 0.6 is 0 Å². The van der Waals surface area contributed by atoms with Crippen LogP contribution in [0.1, 0.15) is 42.5 Å². The van der Waals surface area contributed by atoms with Crippen molar-refractivity contribution in [2.75, 3.05) is 0 Å². The topological polar surface area (TPSA) is 12.9 Å². The Morgan fingerprint density at radius 3 is 2.80 bits per heavy atom. The van der Waals surface area contributed by atoms with Crippen LogP contribution < -0.4 is 10.6 Å². The minimum absolute atomic E-state index is 1.16. The predicted molar refractivity (Wildman–Crippen MR) is 63.0 cm³/mol. The summed E-state index contributed by atoms with van der Waals surface area (Å²) in [5.41, 5.74) is 4.43. The molecule has 0 saturated heterocycles. The smallest absolute Gasteiger partial charge is 0.0665 e. The molecule has 0 atom stereocenters. The van der Waals surface area contributed by atoms with Gasteiger partial charge in [0.05, 0.1) is 5.35 Å². The van der Waals surface area contributed by atoms with E-state index in [0.29, 0.717) is 0 Å². The zero-order valence-electron chi connectivity index (χ0n) is 9.34. The van der Waals surface area contributed by atoms with Crippen molar-refractivity contribution in [1.82, 2.24) is 4.98 Å². The first-order chi connectivity index (χ1) is 7.36. The Morgan fingerprint density at radius 1 is 1.07 bits per heavy atom. The van der Waals surface area contributed by atoms with E-state index in [-0.39, 0.29) is 0 Å². The summed E-state index contributed by atoms with van der Waals surface area (Å²) in [5, 5.41) is 2.67. The minimum Gasteiger partial charge on any atom is -0.253 e. The van der Waals surface area contributed by atoms with E-state index < -0.39 is 0 Å². The first kappa shape index (κ1) is 9.14. The molecule has 0 unspecified atom stereocenters. The highest BCUT2D eigenvalue weighted by Crippen LogP contribution is 2.19. The number of aryl methyl sites for hydroxylation is 1. The molecule has 15 heavy (non-hydrogen) atoms. The van der Waals surface area contributed by atoms with Gasteiger partial charge in [-0.05, 0) is 61.8 Å².